The van der Waals surface area contributed by atoms with Gasteiger partial charge >= 0.3 is 6.09 Å². The number of allylic oxidation sites excluding steroid dienone is 1. The molecule has 9 heteroatoms. The summed E-state index contributed by atoms with van der Waals surface area (Å²) >= 11 is 0. The lowest BCUT2D eigenvalue weighted by Gasteiger charge is -2.42. The number of epoxide rings is 2. The van der Waals surface area contributed by atoms with Crippen LogP contribution >= 0.6 is 0 Å². The third-order valence-electron chi connectivity index (χ3n) is 8.20. The topological polar surface area (TPSA) is 105 Å². The number of rotatable bonds is 12. The Hall–Kier alpha value is -1.68. The minimum Gasteiger partial charge on any atom is -0.443 e. The first kappa shape index (κ1) is 30.9. The Morgan fingerprint density at radius 3 is 2.42 bits per heavy atom. The van der Waals surface area contributed by atoms with Gasteiger partial charge in [-0.1, -0.05) is 39.3 Å². The van der Waals surface area contributed by atoms with Crippen molar-refractivity contribution in [1.82, 2.24) is 15.5 Å². The van der Waals surface area contributed by atoms with Crippen molar-refractivity contribution >= 4 is 12.0 Å². The monoisotopic (exact) mass is 537 g/mol. The normalized spacial score (nSPS) is 33.2. The predicted molar refractivity (Wildman–Crippen MR) is 147 cm³/mol. The van der Waals surface area contributed by atoms with E-state index in [1.165, 1.54) is 5.57 Å². The summed E-state index contributed by atoms with van der Waals surface area (Å²) in [6.45, 7) is 16.3. The smallest absolute Gasteiger partial charge is 0.408 e. The second kappa shape index (κ2) is 11.8. The number of nitrogens with one attached hydrogen (secondary N) is 2. The molecule has 0 aromatic rings. The first-order valence-electron chi connectivity index (χ1n) is 14.0. The van der Waals surface area contributed by atoms with Crippen molar-refractivity contribution in [3.05, 3.63) is 11.6 Å². The lowest BCUT2D eigenvalue weighted by atomic mass is 9.68. The molecule has 3 aliphatic rings. The second-order valence-electron chi connectivity index (χ2n) is 13.3. The molecule has 0 bridgehead atoms. The van der Waals surface area contributed by atoms with Crippen molar-refractivity contribution in [3.63, 3.8) is 0 Å². The first-order valence-corrected chi connectivity index (χ1v) is 14.0. The zero-order valence-electron chi connectivity index (χ0n) is 25.2. The molecule has 0 radical (unpaired) electrons. The molecule has 0 aromatic carbocycles. The van der Waals surface area contributed by atoms with Crippen LogP contribution in [0, 0.1) is 17.3 Å². The maximum Gasteiger partial charge on any atom is 0.408 e. The van der Waals surface area contributed by atoms with E-state index in [0.717, 1.165) is 19.4 Å². The van der Waals surface area contributed by atoms with E-state index in [2.05, 4.69) is 56.2 Å². The molecule has 3 fully saturated rings. The van der Waals surface area contributed by atoms with Gasteiger partial charge in [-0.2, -0.15) is 0 Å². The van der Waals surface area contributed by atoms with Crippen LogP contribution in [0.2, 0.25) is 0 Å². The largest absolute Gasteiger partial charge is 0.443 e. The van der Waals surface area contributed by atoms with E-state index < -0.39 is 23.8 Å². The van der Waals surface area contributed by atoms with Crippen LogP contribution in [0.1, 0.15) is 67.7 Å². The molecule has 7 atom stereocenters. The fourth-order valence-corrected chi connectivity index (χ4v) is 6.25. The molecule has 3 rings (SSSR count). The van der Waals surface area contributed by atoms with E-state index in [-0.39, 0.29) is 41.0 Å². The molecule has 2 saturated heterocycles. The van der Waals surface area contributed by atoms with Crippen molar-refractivity contribution < 1.29 is 28.5 Å². The lowest BCUT2D eigenvalue weighted by molar-refractivity contribution is -0.126. The van der Waals surface area contributed by atoms with Gasteiger partial charge in [0, 0.05) is 20.2 Å². The predicted octanol–water partition coefficient (Wildman–Crippen LogP) is 3.52. The summed E-state index contributed by atoms with van der Waals surface area (Å²) in [5.41, 5.74) is 0.469. The number of carbonyl (C=O) groups is 2. The number of nitrogens with zero attached hydrogens (tertiary/aromatic N) is 1. The number of carbonyl (C=O) groups excluding carboxylic acids is 2. The molecule has 1 aliphatic carbocycles. The highest BCUT2D eigenvalue weighted by Crippen LogP contribution is 2.59. The fourth-order valence-electron chi connectivity index (χ4n) is 6.25. The Morgan fingerprint density at radius 1 is 1.24 bits per heavy atom. The maximum atomic E-state index is 13.1. The highest BCUT2D eigenvalue weighted by molar-refractivity contribution is 5.85. The Bertz CT molecular complexity index is 880. The average molecular weight is 538 g/mol. The zero-order chi connectivity index (χ0) is 28.5. The molecule has 38 heavy (non-hydrogen) atoms. The zero-order valence-corrected chi connectivity index (χ0v) is 25.2. The van der Waals surface area contributed by atoms with E-state index in [9.17, 15) is 9.59 Å². The molecular weight excluding hydrogens is 486 g/mol. The number of alkyl carbamates (subject to hydrolysis) is 1. The van der Waals surface area contributed by atoms with E-state index in [4.69, 9.17) is 18.9 Å². The summed E-state index contributed by atoms with van der Waals surface area (Å²) in [6.07, 6.45) is 3.10. The van der Waals surface area contributed by atoms with Gasteiger partial charge in [0.15, 0.2) is 0 Å². The van der Waals surface area contributed by atoms with Crippen molar-refractivity contribution in [3.8, 4) is 0 Å². The van der Waals surface area contributed by atoms with Gasteiger partial charge in [0.25, 0.3) is 0 Å². The van der Waals surface area contributed by atoms with E-state index in [1.54, 1.807) is 7.11 Å². The van der Waals surface area contributed by atoms with E-state index >= 15 is 0 Å². The molecule has 2 heterocycles. The van der Waals surface area contributed by atoms with Gasteiger partial charge in [0.05, 0.1) is 18.6 Å². The number of amides is 2. The summed E-state index contributed by atoms with van der Waals surface area (Å²) in [7, 11) is 5.68. The highest BCUT2D eigenvalue weighted by atomic mass is 16.6. The van der Waals surface area contributed by atoms with Gasteiger partial charge in [-0.3, -0.25) is 4.79 Å². The quantitative estimate of drug-likeness (QED) is 0.290. The van der Waals surface area contributed by atoms with Crippen molar-refractivity contribution in [1.29, 1.82) is 0 Å². The third-order valence-corrected chi connectivity index (χ3v) is 8.20. The van der Waals surface area contributed by atoms with Crippen LogP contribution in [0.5, 0.6) is 0 Å². The summed E-state index contributed by atoms with van der Waals surface area (Å²) < 4.78 is 24.2. The van der Waals surface area contributed by atoms with Crippen LogP contribution < -0.4 is 10.6 Å². The van der Waals surface area contributed by atoms with Crippen LogP contribution in [-0.2, 0) is 23.7 Å². The van der Waals surface area contributed by atoms with Gasteiger partial charge < -0.3 is 34.5 Å². The average Bonchev–Trinajstić information content (AvgIpc) is 3.71. The molecule has 0 aromatic heterocycles. The van der Waals surface area contributed by atoms with Gasteiger partial charge in [-0.15, -0.1) is 0 Å². The molecule has 2 aliphatic heterocycles. The first-order chi connectivity index (χ1) is 17.6. The summed E-state index contributed by atoms with van der Waals surface area (Å²) in [5.74, 6) is -0.361. The van der Waals surface area contributed by atoms with Crippen molar-refractivity contribution in [2.75, 3.05) is 40.9 Å². The van der Waals surface area contributed by atoms with Gasteiger partial charge in [0.1, 0.15) is 29.5 Å². The minimum atomic E-state index is -0.700. The number of methoxy groups -OCH3 is 1. The Balaban J connectivity index is 1.64. The molecule has 9 nitrogen and oxygen atoms in total. The summed E-state index contributed by atoms with van der Waals surface area (Å²) in [4.78, 5) is 28.2. The number of hydrogen-bond acceptors (Lipinski definition) is 7. The lowest BCUT2D eigenvalue weighted by Crippen LogP contribution is -2.57. The van der Waals surface area contributed by atoms with Crippen LogP contribution in [0.15, 0.2) is 11.6 Å². The standard InChI is InChI=1S/C29H51N3O6/c1-18(2)11-12-21-28(7,38-21)24-23(35-10)20(13-14-29(24)17-36-29)37-26(34)31-22(19(3)4)25(33)30-15-27(5,6)16-32(8)9/h11,19-24H,12-17H2,1-10H3,(H,30,33)(H,31,34)/t20-,21-,22-,23-,24-,28-,29+/m1/s1. The Morgan fingerprint density at radius 2 is 1.89 bits per heavy atom. The molecule has 0 unspecified atom stereocenters. The van der Waals surface area contributed by atoms with Crippen LogP contribution in [0.25, 0.3) is 0 Å². The van der Waals surface area contributed by atoms with Crippen molar-refractivity contribution in [2.24, 2.45) is 17.3 Å². The molecule has 2 N–H and O–H groups in total. The Labute approximate surface area is 229 Å². The molecule has 2 amide bonds. The van der Waals surface area contributed by atoms with Crippen LogP contribution in [-0.4, -0.2) is 93.4 Å². The minimum absolute atomic E-state index is 0.0507. The fraction of sp³-hybridized carbons (Fsp3) is 0.862. The maximum absolute atomic E-state index is 13.1. The number of ether oxygens (including phenoxy) is 4. The Kier molecular flexibility index (Phi) is 9.60. The van der Waals surface area contributed by atoms with Crippen molar-refractivity contribution in [2.45, 2.75) is 103 Å². The molecule has 1 spiro atoms. The van der Waals surface area contributed by atoms with Crippen LogP contribution in [0.3, 0.4) is 0 Å². The summed E-state index contributed by atoms with van der Waals surface area (Å²) in [6, 6.07) is -0.700. The third kappa shape index (κ3) is 7.29. The van der Waals surface area contributed by atoms with Gasteiger partial charge in [-0.05, 0) is 65.5 Å². The van der Waals surface area contributed by atoms with E-state index in [1.807, 2.05) is 27.9 Å². The molecule has 218 valence electrons. The van der Waals surface area contributed by atoms with E-state index in [0.29, 0.717) is 19.6 Å². The number of hydrogen-bond donors (Lipinski definition) is 2. The molecule has 1 saturated carbocycles. The SMILES string of the molecule is CO[C@@H]1[C@H](OC(=O)N[C@@H](C(=O)NCC(C)(C)CN(C)C)C(C)C)CC[C@]2(CO2)[C@H]1[C@]1(C)O[C@@H]1CC=C(C)C. The van der Waals surface area contributed by atoms with Crippen LogP contribution in [0.4, 0.5) is 4.79 Å². The highest BCUT2D eigenvalue weighted by Gasteiger charge is 2.72. The molecular formula is C29H51N3O6. The second-order valence-corrected chi connectivity index (χ2v) is 13.3. The van der Waals surface area contributed by atoms with Gasteiger partial charge in [-0.25, -0.2) is 4.79 Å². The van der Waals surface area contributed by atoms with Gasteiger partial charge in [0.2, 0.25) is 5.91 Å². The summed E-state index contributed by atoms with van der Waals surface area (Å²) in [5, 5.41) is 5.84.